The molecule has 3 aromatic carbocycles. The number of nitrogens with zero attached hydrogens (tertiary/aromatic N) is 2. The maximum atomic E-state index is 14.2. The van der Waals surface area contributed by atoms with E-state index in [-0.39, 0.29) is 30.6 Å². The molecule has 0 heterocycles. The van der Waals surface area contributed by atoms with E-state index in [1.54, 1.807) is 42.5 Å². The summed E-state index contributed by atoms with van der Waals surface area (Å²) in [5.41, 5.74) is 1.84. The Bertz CT molecular complexity index is 1440. The van der Waals surface area contributed by atoms with Gasteiger partial charge in [-0.1, -0.05) is 79.0 Å². The van der Waals surface area contributed by atoms with Crippen molar-refractivity contribution in [3.05, 3.63) is 95.0 Å². The Kier molecular flexibility index (Phi) is 10.3. The second-order valence-electron chi connectivity index (χ2n) is 10.3. The van der Waals surface area contributed by atoms with Crippen molar-refractivity contribution in [1.82, 2.24) is 10.2 Å². The minimum Gasteiger partial charge on any atom is -0.495 e. The quantitative estimate of drug-likeness (QED) is 0.323. The predicted octanol–water partition coefficient (Wildman–Crippen LogP) is 4.81. The van der Waals surface area contributed by atoms with E-state index >= 15 is 0 Å². The van der Waals surface area contributed by atoms with Crippen molar-refractivity contribution < 1.29 is 22.7 Å². The molecule has 8 nitrogen and oxygen atoms in total. The van der Waals surface area contributed by atoms with Gasteiger partial charge in [0.15, 0.2) is 0 Å². The molecule has 41 heavy (non-hydrogen) atoms. The van der Waals surface area contributed by atoms with Crippen LogP contribution < -0.4 is 14.4 Å². The molecule has 1 fully saturated rings. The van der Waals surface area contributed by atoms with Crippen LogP contribution in [0.25, 0.3) is 0 Å². The molecule has 1 aliphatic rings. The zero-order chi connectivity index (χ0) is 29.4. The largest absolute Gasteiger partial charge is 0.495 e. The SMILES string of the molecule is COc1ccccc1N(CC(=O)N(Cc1cccc(Cl)c1)[C@H](Cc1ccccc1)C(=O)NC1CCCC1)S(C)(=O)=O. The second-order valence-corrected chi connectivity index (χ2v) is 12.6. The van der Waals surface area contributed by atoms with Crippen molar-refractivity contribution in [2.45, 2.75) is 50.7 Å². The van der Waals surface area contributed by atoms with Crippen LogP contribution in [0.5, 0.6) is 5.75 Å². The highest BCUT2D eigenvalue weighted by Gasteiger charge is 2.34. The normalized spacial score (nSPS) is 14.3. The van der Waals surface area contributed by atoms with E-state index in [0.29, 0.717) is 10.8 Å². The fourth-order valence-corrected chi connectivity index (χ4v) is 6.25. The van der Waals surface area contributed by atoms with E-state index in [1.807, 2.05) is 36.4 Å². The maximum Gasteiger partial charge on any atom is 0.244 e. The second kappa shape index (κ2) is 13.9. The molecular formula is C31H36ClN3O5S. The molecule has 218 valence electrons. The first-order chi connectivity index (χ1) is 19.7. The van der Waals surface area contributed by atoms with Gasteiger partial charge in [-0.2, -0.15) is 0 Å². The third-order valence-electron chi connectivity index (χ3n) is 7.25. The zero-order valence-corrected chi connectivity index (χ0v) is 24.9. The van der Waals surface area contributed by atoms with Gasteiger partial charge >= 0.3 is 0 Å². The number of carbonyl (C=O) groups is 2. The molecule has 0 unspecified atom stereocenters. The summed E-state index contributed by atoms with van der Waals surface area (Å²) in [6.45, 7) is -0.444. The number of ether oxygens (including phenoxy) is 1. The number of halogens is 1. The molecule has 1 aliphatic carbocycles. The van der Waals surface area contributed by atoms with Crippen molar-refractivity contribution in [2.24, 2.45) is 0 Å². The van der Waals surface area contributed by atoms with Gasteiger partial charge in [-0.15, -0.1) is 0 Å². The number of nitrogens with one attached hydrogen (secondary N) is 1. The van der Waals surface area contributed by atoms with E-state index in [9.17, 15) is 18.0 Å². The summed E-state index contributed by atoms with van der Waals surface area (Å²) in [5, 5.41) is 3.65. The first-order valence-corrected chi connectivity index (χ1v) is 15.9. The number of amides is 2. The summed E-state index contributed by atoms with van der Waals surface area (Å²) in [4.78, 5) is 29.5. The van der Waals surface area contributed by atoms with Crippen LogP contribution in [0.2, 0.25) is 5.02 Å². The van der Waals surface area contributed by atoms with E-state index in [1.165, 1.54) is 12.0 Å². The molecule has 1 atom stereocenters. The van der Waals surface area contributed by atoms with Crippen LogP contribution >= 0.6 is 11.6 Å². The lowest BCUT2D eigenvalue weighted by molar-refractivity contribution is -0.140. The minimum absolute atomic E-state index is 0.0463. The Balaban J connectivity index is 1.74. The van der Waals surface area contributed by atoms with Gasteiger partial charge in [0.05, 0.1) is 19.1 Å². The standard InChI is InChI=1S/C31H36ClN3O5S/c1-40-29-18-9-8-17-27(29)35(41(2,38)39)22-30(36)34(21-24-13-10-14-25(32)19-24)28(20-23-11-4-3-5-12-23)31(37)33-26-15-6-7-16-26/h3-5,8-14,17-19,26,28H,6-7,15-16,20-22H2,1-2H3,(H,33,37)/t28-/m1/s1. The van der Waals surface area contributed by atoms with Crippen molar-refractivity contribution in [1.29, 1.82) is 0 Å². The smallest absolute Gasteiger partial charge is 0.244 e. The molecule has 10 heteroatoms. The van der Waals surface area contributed by atoms with Gasteiger partial charge in [-0.25, -0.2) is 8.42 Å². The molecule has 0 bridgehead atoms. The number of carbonyl (C=O) groups excluding carboxylic acids is 2. The summed E-state index contributed by atoms with van der Waals surface area (Å²) in [6, 6.07) is 22.4. The monoisotopic (exact) mass is 597 g/mol. The van der Waals surface area contributed by atoms with Crippen LogP contribution in [0.4, 0.5) is 5.69 Å². The van der Waals surface area contributed by atoms with Crippen molar-refractivity contribution in [3.63, 3.8) is 0 Å². The highest BCUT2D eigenvalue weighted by Crippen LogP contribution is 2.30. The Hall–Kier alpha value is -3.56. The Morgan fingerprint density at radius 1 is 0.976 bits per heavy atom. The number of sulfonamides is 1. The number of hydrogen-bond acceptors (Lipinski definition) is 5. The molecule has 0 spiro atoms. The molecule has 0 radical (unpaired) electrons. The maximum absolute atomic E-state index is 14.2. The van der Waals surface area contributed by atoms with Gasteiger partial charge in [0.1, 0.15) is 18.3 Å². The van der Waals surface area contributed by atoms with E-state index in [4.69, 9.17) is 16.3 Å². The number of methoxy groups -OCH3 is 1. The fraction of sp³-hybridized carbons (Fsp3) is 0.355. The number of rotatable bonds is 12. The summed E-state index contributed by atoms with van der Waals surface area (Å²) in [5.74, 6) is -0.477. The predicted molar refractivity (Wildman–Crippen MR) is 162 cm³/mol. The van der Waals surface area contributed by atoms with Gasteiger partial charge in [0, 0.05) is 24.0 Å². The summed E-state index contributed by atoms with van der Waals surface area (Å²) in [6.07, 6.45) is 5.17. The van der Waals surface area contributed by atoms with E-state index < -0.39 is 28.5 Å². The van der Waals surface area contributed by atoms with Crippen LogP contribution in [0.1, 0.15) is 36.8 Å². The van der Waals surface area contributed by atoms with Gasteiger partial charge in [-0.3, -0.25) is 13.9 Å². The van der Waals surface area contributed by atoms with E-state index in [0.717, 1.165) is 47.4 Å². The first kappa shape index (κ1) is 30.4. The van der Waals surface area contributed by atoms with Crippen molar-refractivity contribution in [3.8, 4) is 5.75 Å². The molecule has 3 aromatic rings. The number of anilines is 1. The van der Waals surface area contributed by atoms with Crippen LogP contribution in [-0.4, -0.2) is 57.1 Å². The lowest BCUT2D eigenvalue weighted by atomic mass is 10.0. The average molecular weight is 598 g/mol. The first-order valence-electron chi connectivity index (χ1n) is 13.6. The van der Waals surface area contributed by atoms with Crippen molar-refractivity contribution >= 4 is 39.1 Å². The molecule has 0 aliphatic heterocycles. The van der Waals surface area contributed by atoms with Crippen molar-refractivity contribution in [2.75, 3.05) is 24.2 Å². The molecule has 1 saturated carbocycles. The lowest BCUT2D eigenvalue weighted by Gasteiger charge is -2.34. The van der Waals surface area contributed by atoms with Gasteiger partial charge in [0.2, 0.25) is 21.8 Å². The third kappa shape index (κ3) is 8.24. The molecule has 1 N–H and O–H groups in total. The molecule has 0 aromatic heterocycles. The van der Waals surface area contributed by atoms with Crippen LogP contribution in [0.15, 0.2) is 78.9 Å². The molecule has 0 saturated heterocycles. The van der Waals surface area contributed by atoms with Gasteiger partial charge in [-0.05, 0) is 48.2 Å². The van der Waals surface area contributed by atoms with Gasteiger partial charge < -0.3 is 15.0 Å². The third-order valence-corrected chi connectivity index (χ3v) is 8.61. The number of hydrogen-bond donors (Lipinski definition) is 1. The Morgan fingerprint density at radius 3 is 2.29 bits per heavy atom. The highest BCUT2D eigenvalue weighted by atomic mass is 35.5. The van der Waals surface area contributed by atoms with Crippen LogP contribution in [0.3, 0.4) is 0 Å². The van der Waals surface area contributed by atoms with E-state index in [2.05, 4.69) is 5.32 Å². The van der Waals surface area contributed by atoms with Crippen LogP contribution in [0, 0.1) is 0 Å². The molecule has 4 rings (SSSR count). The topological polar surface area (TPSA) is 96.0 Å². The van der Waals surface area contributed by atoms with Gasteiger partial charge in [0.25, 0.3) is 0 Å². The number of benzene rings is 3. The van der Waals surface area contributed by atoms with Crippen LogP contribution in [-0.2, 0) is 32.6 Å². The average Bonchev–Trinajstić information content (AvgIpc) is 3.46. The molecular weight excluding hydrogens is 562 g/mol. The zero-order valence-electron chi connectivity index (χ0n) is 23.3. The Morgan fingerprint density at radius 2 is 1.63 bits per heavy atom. The number of para-hydroxylation sites is 2. The summed E-state index contributed by atoms with van der Waals surface area (Å²) >= 11 is 6.27. The highest BCUT2D eigenvalue weighted by molar-refractivity contribution is 7.92. The Labute approximate surface area is 247 Å². The summed E-state index contributed by atoms with van der Waals surface area (Å²) < 4.78 is 32.4. The molecule has 2 amide bonds. The lowest BCUT2D eigenvalue weighted by Crippen LogP contribution is -2.54. The summed E-state index contributed by atoms with van der Waals surface area (Å²) in [7, 11) is -2.46. The minimum atomic E-state index is -3.90. The fourth-order valence-electron chi connectivity index (χ4n) is 5.18.